The van der Waals surface area contributed by atoms with Crippen LogP contribution in [0.5, 0.6) is 5.88 Å². The SMILES string of the molecule is I.O=CNC(Cc1cc(OCCCNC2=NCCN2)no1)(NC(=O)OCc1ccccc1)C(=O)O. The minimum Gasteiger partial charge on any atom is -0.478 e. The first-order valence-corrected chi connectivity index (χ1v) is 10.5. The molecule has 0 aliphatic carbocycles. The van der Waals surface area contributed by atoms with Gasteiger partial charge in [-0.15, -0.1) is 24.0 Å². The molecular weight excluding hydrogens is 575 g/mol. The molecule has 0 spiro atoms. The molecule has 13 nitrogen and oxygen atoms in total. The standard InChI is InChI=1S/C21H26N6O7.HI/c28-14-25-21(18(29)30,26-20(31)33-13-15-5-2-1-3-6-15)12-16-11-17(27-34-16)32-10-4-7-22-19-23-8-9-24-19;/h1-3,5-6,11,14H,4,7-10,12-13H2,(H,25,28)(H,26,31)(H,29,30)(H2,22,23,24);1H. The number of carbonyl (C=O) groups excluding carboxylic acids is 2. The van der Waals surface area contributed by atoms with Gasteiger partial charge in [-0.2, -0.15) is 0 Å². The molecule has 1 aromatic heterocycles. The van der Waals surface area contributed by atoms with Crippen LogP contribution in [0.25, 0.3) is 0 Å². The number of nitrogens with one attached hydrogen (secondary N) is 4. The molecule has 1 aliphatic heterocycles. The molecule has 0 bridgehead atoms. The highest BCUT2D eigenvalue weighted by atomic mass is 127. The maximum absolute atomic E-state index is 12.3. The molecule has 5 N–H and O–H groups in total. The summed E-state index contributed by atoms with van der Waals surface area (Å²) in [6.45, 7) is 2.44. The van der Waals surface area contributed by atoms with E-state index in [4.69, 9.17) is 14.0 Å². The van der Waals surface area contributed by atoms with Gasteiger partial charge in [-0.1, -0.05) is 30.3 Å². The zero-order valence-corrected chi connectivity index (χ0v) is 21.0. The zero-order valence-electron chi connectivity index (χ0n) is 18.7. The summed E-state index contributed by atoms with van der Waals surface area (Å²) >= 11 is 0. The summed E-state index contributed by atoms with van der Waals surface area (Å²) in [5.74, 6) is -0.558. The molecule has 0 radical (unpaired) electrons. The summed E-state index contributed by atoms with van der Waals surface area (Å²) < 4.78 is 15.7. The number of amides is 2. The van der Waals surface area contributed by atoms with Gasteiger partial charge in [0.2, 0.25) is 12.1 Å². The number of guanidine groups is 1. The number of ether oxygens (including phenoxy) is 2. The number of aliphatic carboxylic acids is 1. The van der Waals surface area contributed by atoms with Crippen LogP contribution in [0.4, 0.5) is 4.79 Å². The largest absolute Gasteiger partial charge is 0.478 e. The lowest BCUT2D eigenvalue weighted by Crippen LogP contribution is -2.65. The minimum atomic E-state index is -2.22. The Labute approximate surface area is 218 Å². The van der Waals surface area contributed by atoms with E-state index in [0.717, 1.165) is 19.0 Å². The normalized spacial score (nSPS) is 13.8. The summed E-state index contributed by atoms with van der Waals surface area (Å²) in [4.78, 5) is 39.6. The van der Waals surface area contributed by atoms with E-state index in [1.165, 1.54) is 6.07 Å². The van der Waals surface area contributed by atoms with E-state index in [9.17, 15) is 19.5 Å². The van der Waals surface area contributed by atoms with Crippen LogP contribution < -0.4 is 26.0 Å². The predicted molar refractivity (Wildman–Crippen MR) is 133 cm³/mol. The Kier molecular flexibility index (Phi) is 11.1. The number of benzene rings is 1. The van der Waals surface area contributed by atoms with E-state index >= 15 is 0 Å². The van der Waals surface area contributed by atoms with Gasteiger partial charge in [0, 0.05) is 19.2 Å². The van der Waals surface area contributed by atoms with Crippen LogP contribution in [0.15, 0.2) is 45.9 Å². The number of hydrogen-bond donors (Lipinski definition) is 5. The fourth-order valence-corrected chi connectivity index (χ4v) is 3.03. The molecule has 0 fully saturated rings. The summed E-state index contributed by atoms with van der Waals surface area (Å²) in [5.41, 5.74) is -1.51. The van der Waals surface area contributed by atoms with Gasteiger partial charge in [0.1, 0.15) is 12.4 Å². The maximum atomic E-state index is 12.3. The molecule has 190 valence electrons. The van der Waals surface area contributed by atoms with Crippen molar-refractivity contribution in [2.24, 2.45) is 4.99 Å². The lowest BCUT2D eigenvalue weighted by molar-refractivity contribution is -0.147. The number of hydrogen-bond acceptors (Lipinski definition) is 10. The van der Waals surface area contributed by atoms with Crippen molar-refractivity contribution in [3.05, 3.63) is 47.7 Å². The Balaban J connectivity index is 0.00000432. The third kappa shape index (κ3) is 8.62. The van der Waals surface area contributed by atoms with Crippen molar-refractivity contribution in [2.75, 3.05) is 26.2 Å². The van der Waals surface area contributed by atoms with Crippen LogP contribution in [0, 0.1) is 0 Å². The maximum Gasteiger partial charge on any atom is 0.409 e. The summed E-state index contributed by atoms with van der Waals surface area (Å²) in [5, 5.41) is 24.0. The van der Waals surface area contributed by atoms with Gasteiger partial charge < -0.3 is 35.1 Å². The van der Waals surface area contributed by atoms with Crippen molar-refractivity contribution in [1.82, 2.24) is 26.4 Å². The van der Waals surface area contributed by atoms with Crippen molar-refractivity contribution in [1.29, 1.82) is 0 Å². The van der Waals surface area contributed by atoms with Crippen LogP contribution in [0.2, 0.25) is 0 Å². The molecular formula is C21H27IN6O7. The fraction of sp³-hybridized carbons (Fsp3) is 0.381. The van der Waals surface area contributed by atoms with Gasteiger partial charge in [-0.3, -0.25) is 15.1 Å². The van der Waals surface area contributed by atoms with Crippen LogP contribution in [-0.2, 0) is 27.4 Å². The molecule has 1 unspecified atom stereocenters. The summed E-state index contributed by atoms with van der Waals surface area (Å²) in [7, 11) is 0. The van der Waals surface area contributed by atoms with Crippen molar-refractivity contribution in [3.8, 4) is 5.88 Å². The van der Waals surface area contributed by atoms with Crippen molar-refractivity contribution < 1.29 is 33.5 Å². The molecule has 2 aromatic rings. The predicted octanol–water partition coefficient (Wildman–Crippen LogP) is 0.606. The number of aromatic nitrogens is 1. The van der Waals surface area contributed by atoms with E-state index in [2.05, 4.69) is 31.4 Å². The van der Waals surface area contributed by atoms with E-state index in [-0.39, 0.29) is 48.6 Å². The monoisotopic (exact) mass is 602 g/mol. The number of halogens is 1. The highest BCUT2D eigenvalue weighted by Gasteiger charge is 2.42. The molecule has 0 saturated heterocycles. The second-order valence-corrected chi connectivity index (χ2v) is 7.25. The first-order chi connectivity index (χ1) is 16.5. The minimum absolute atomic E-state index is 0. The average Bonchev–Trinajstić information content (AvgIpc) is 3.50. The lowest BCUT2D eigenvalue weighted by Gasteiger charge is -2.28. The van der Waals surface area contributed by atoms with E-state index < -0.39 is 24.1 Å². The Morgan fingerprint density at radius 3 is 2.77 bits per heavy atom. The molecule has 3 rings (SSSR count). The molecule has 1 aliphatic rings. The first-order valence-electron chi connectivity index (χ1n) is 10.5. The van der Waals surface area contributed by atoms with Crippen LogP contribution in [0.3, 0.4) is 0 Å². The average molecular weight is 602 g/mol. The third-order valence-corrected chi connectivity index (χ3v) is 4.71. The topological polar surface area (TPSA) is 176 Å². The van der Waals surface area contributed by atoms with Gasteiger partial charge in [0.05, 0.1) is 19.6 Å². The van der Waals surface area contributed by atoms with Gasteiger partial charge in [-0.25, -0.2) is 9.59 Å². The van der Waals surface area contributed by atoms with Crippen molar-refractivity contribution >= 4 is 48.4 Å². The van der Waals surface area contributed by atoms with Crippen LogP contribution in [-0.4, -0.2) is 66.6 Å². The number of alkyl carbamates (subject to hydrolysis) is 1. The Morgan fingerprint density at radius 2 is 2.09 bits per heavy atom. The summed E-state index contributed by atoms with van der Waals surface area (Å²) in [6, 6.07) is 10.2. The molecule has 0 saturated carbocycles. The second kappa shape index (κ2) is 14.0. The fourth-order valence-electron chi connectivity index (χ4n) is 3.03. The quantitative estimate of drug-likeness (QED) is 0.0945. The van der Waals surface area contributed by atoms with Crippen molar-refractivity contribution in [2.45, 2.75) is 25.1 Å². The second-order valence-electron chi connectivity index (χ2n) is 7.25. The molecule has 2 amide bonds. The highest BCUT2D eigenvalue weighted by Crippen LogP contribution is 2.18. The number of rotatable bonds is 13. The Bertz CT molecular complexity index is 1000. The number of carboxylic acid groups (broad SMARTS) is 1. The van der Waals surface area contributed by atoms with E-state index in [1.54, 1.807) is 24.3 Å². The van der Waals surface area contributed by atoms with E-state index in [0.29, 0.717) is 25.1 Å². The Hall–Kier alpha value is -3.56. The zero-order chi connectivity index (χ0) is 24.2. The molecule has 35 heavy (non-hydrogen) atoms. The highest BCUT2D eigenvalue weighted by molar-refractivity contribution is 14.0. The third-order valence-electron chi connectivity index (χ3n) is 4.71. The van der Waals surface area contributed by atoms with Crippen molar-refractivity contribution in [3.63, 3.8) is 0 Å². The van der Waals surface area contributed by atoms with Crippen LogP contribution >= 0.6 is 24.0 Å². The Morgan fingerprint density at radius 1 is 1.29 bits per heavy atom. The molecule has 1 atom stereocenters. The number of carboxylic acids is 1. The molecule has 1 aromatic carbocycles. The van der Waals surface area contributed by atoms with Crippen LogP contribution in [0.1, 0.15) is 17.7 Å². The molecule has 14 heteroatoms. The number of aliphatic imine (C=N–C) groups is 1. The molecule has 2 heterocycles. The first kappa shape index (κ1) is 27.7. The van der Waals surface area contributed by atoms with Gasteiger partial charge >= 0.3 is 12.1 Å². The van der Waals surface area contributed by atoms with E-state index in [1.807, 2.05) is 6.07 Å². The number of carbonyl (C=O) groups is 3. The van der Waals surface area contributed by atoms with Gasteiger partial charge in [-0.05, 0) is 17.1 Å². The smallest absolute Gasteiger partial charge is 0.409 e. The van der Waals surface area contributed by atoms with Gasteiger partial charge in [0.25, 0.3) is 5.88 Å². The summed E-state index contributed by atoms with van der Waals surface area (Å²) in [6.07, 6.45) is -0.657. The van der Waals surface area contributed by atoms with Gasteiger partial charge in [0.15, 0.2) is 5.96 Å². The lowest BCUT2D eigenvalue weighted by atomic mass is 10.0. The number of nitrogens with zero attached hydrogens (tertiary/aromatic N) is 2.